The van der Waals surface area contributed by atoms with Crippen molar-refractivity contribution in [2.24, 2.45) is 11.7 Å². The number of rotatable bonds is 10. The van der Waals surface area contributed by atoms with Crippen molar-refractivity contribution in [1.29, 1.82) is 0 Å². The van der Waals surface area contributed by atoms with Crippen LogP contribution in [-0.2, 0) is 11.3 Å². The zero-order valence-corrected chi connectivity index (χ0v) is 18.3. The molecule has 0 saturated heterocycles. The Hall–Kier alpha value is -2.32. The summed E-state index contributed by atoms with van der Waals surface area (Å²) in [6.07, 6.45) is 3.20. The van der Waals surface area contributed by atoms with Gasteiger partial charge in [0, 0.05) is 31.6 Å². The summed E-state index contributed by atoms with van der Waals surface area (Å²) in [4.78, 5) is 29.2. The molecule has 2 rings (SSSR count). The number of halogens is 1. The molecule has 0 aliphatic rings. The van der Waals surface area contributed by atoms with E-state index in [1.54, 1.807) is 12.1 Å². The second-order valence-electron chi connectivity index (χ2n) is 7.20. The van der Waals surface area contributed by atoms with Gasteiger partial charge in [0.2, 0.25) is 5.91 Å². The van der Waals surface area contributed by atoms with Crippen LogP contribution in [0.25, 0.3) is 10.9 Å². The first kappa shape index (κ1) is 24.7. The Balaban J connectivity index is 0.00000420. The Bertz CT molecular complexity index is 869. The predicted molar refractivity (Wildman–Crippen MR) is 116 cm³/mol. The molecule has 0 spiro atoms. The van der Waals surface area contributed by atoms with E-state index in [1.807, 2.05) is 0 Å². The van der Waals surface area contributed by atoms with Crippen LogP contribution in [0.3, 0.4) is 0 Å². The van der Waals surface area contributed by atoms with Crippen LogP contribution in [0.1, 0.15) is 33.1 Å². The highest BCUT2D eigenvalue weighted by Gasteiger charge is 2.13. The van der Waals surface area contributed by atoms with E-state index in [0.29, 0.717) is 54.3 Å². The topological polar surface area (TPSA) is 108 Å². The maximum absolute atomic E-state index is 12.7. The van der Waals surface area contributed by atoms with E-state index in [2.05, 4.69) is 24.1 Å². The van der Waals surface area contributed by atoms with Crippen LogP contribution in [-0.4, -0.2) is 42.3 Å². The first-order valence-electron chi connectivity index (χ1n) is 9.50. The number of methoxy groups -OCH3 is 2. The van der Waals surface area contributed by atoms with Crippen LogP contribution in [0.2, 0.25) is 0 Å². The van der Waals surface area contributed by atoms with Gasteiger partial charge in [-0.1, -0.05) is 13.8 Å². The van der Waals surface area contributed by atoms with Crippen LogP contribution < -0.4 is 26.1 Å². The molecule has 9 heteroatoms. The van der Waals surface area contributed by atoms with Gasteiger partial charge in [0.05, 0.1) is 31.4 Å². The lowest BCUT2D eigenvalue weighted by atomic mass is 10.0. The van der Waals surface area contributed by atoms with E-state index >= 15 is 0 Å². The van der Waals surface area contributed by atoms with Gasteiger partial charge in [-0.15, -0.1) is 12.4 Å². The SMILES string of the molecule is COc1cc2ncn(CCCC(=O)NC(CN)CC(C)C)c(=O)c2cc1OC.Cl. The van der Waals surface area contributed by atoms with Gasteiger partial charge in [-0.25, -0.2) is 4.98 Å². The third kappa shape index (κ3) is 6.61. The number of nitrogens with one attached hydrogen (secondary N) is 1. The molecule has 1 amide bonds. The highest BCUT2D eigenvalue weighted by molar-refractivity contribution is 5.85. The number of nitrogens with two attached hydrogens (primary N) is 1. The number of fused-ring (bicyclic) bond motifs is 1. The van der Waals surface area contributed by atoms with Gasteiger partial charge < -0.3 is 20.5 Å². The number of amides is 1. The molecule has 0 bridgehead atoms. The van der Waals surface area contributed by atoms with E-state index in [0.717, 1.165) is 6.42 Å². The standard InChI is InChI=1S/C20H30N4O4.ClH/c1-13(2)8-14(11-21)23-19(25)6-5-7-24-12-22-16-10-18(28-4)17(27-3)9-15(16)20(24)26;/h9-10,12-14H,5-8,11,21H2,1-4H3,(H,23,25);1H. The molecule has 2 aromatic rings. The molecule has 29 heavy (non-hydrogen) atoms. The van der Waals surface area contributed by atoms with Crippen LogP contribution in [0, 0.1) is 5.92 Å². The van der Waals surface area contributed by atoms with Gasteiger partial charge in [-0.2, -0.15) is 0 Å². The molecule has 3 N–H and O–H groups in total. The van der Waals surface area contributed by atoms with Crippen LogP contribution >= 0.6 is 12.4 Å². The highest BCUT2D eigenvalue weighted by atomic mass is 35.5. The molecule has 1 aromatic carbocycles. The normalized spacial score (nSPS) is 11.8. The molecule has 162 valence electrons. The molecule has 8 nitrogen and oxygen atoms in total. The van der Waals surface area contributed by atoms with Crippen molar-refractivity contribution >= 4 is 29.2 Å². The zero-order chi connectivity index (χ0) is 20.7. The van der Waals surface area contributed by atoms with E-state index in [9.17, 15) is 9.59 Å². The average Bonchev–Trinajstić information content (AvgIpc) is 2.67. The summed E-state index contributed by atoms with van der Waals surface area (Å²) in [6, 6.07) is 3.29. The summed E-state index contributed by atoms with van der Waals surface area (Å²) < 4.78 is 12.0. The second-order valence-corrected chi connectivity index (χ2v) is 7.20. The number of carbonyl (C=O) groups is 1. The highest BCUT2D eigenvalue weighted by Crippen LogP contribution is 2.29. The van der Waals surface area contributed by atoms with Crippen LogP contribution in [0.15, 0.2) is 23.3 Å². The maximum atomic E-state index is 12.7. The summed E-state index contributed by atoms with van der Waals surface area (Å²) in [6.45, 7) is 5.02. The number of aryl methyl sites for hydroxylation is 1. The number of aromatic nitrogens is 2. The van der Waals surface area contributed by atoms with Gasteiger partial charge >= 0.3 is 0 Å². The maximum Gasteiger partial charge on any atom is 0.261 e. The van der Waals surface area contributed by atoms with Crippen molar-refractivity contribution in [2.75, 3.05) is 20.8 Å². The van der Waals surface area contributed by atoms with Gasteiger partial charge in [-0.3, -0.25) is 14.2 Å². The molecule has 1 unspecified atom stereocenters. The van der Waals surface area contributed by atoms with E-state index < -0.39 is 0 Å². The molecule has 1 atom stereocenters. The largest absolute Gasteiger partial charge is 0.493 e. The molecule has 0 aliphatic heterocycles. The minimum Gasteiger partial charge on any atom is -0.493 e. The van der Waals surface area contributed by atoms with Crippen molar-refractivity contribution < 1.29 is 14.3 Å². The number of hydrogen-bond acceptors (Lipinski definition) is 6. The number of benzene rings is 1. The first-order chi connectivity index (χ1) is 13.4. The molecule has 1 aromatic heterocycles. The molecule has 1 heterocycles. The van der Waals surface area contributed by atoms with Crippen LogP contribution in [0.5, 0.6) is 11.5 Å². The lowest BCUT2D eigenvalue weighted by Crippen LogP contribution is -2.41. The van der Waals surface area contributed by atoms with Crippen molar-refractivity contribution in [1.82, 2.24) is 14.9 Å². The Kier molecular flexibility index (Phi) is 9.91. The lowest BCUT2D eigenvalue weighted by Gasteiger charge is -2.18. The van der Waals surface area contributed by atoms with Crippen LogP contribution in [0.4, 0.5) is 0 Å². The fraction of sp³-hybridized carbons (Fsp3) is 0.550. The Morgan fingerprint density at radius 3 is 2.48 bits per heavy atom. The van der Waals surface area contributed by atoms with Gasteiger partial charge in [0.15, 0.2) is 11.5 Å². The zero-order valence-electron chi connectivity index (χ0n) is 17.4. The van der Waals surface area contributed by atoms with Gasteiger partial charge in [-0.05, 0) is 24.8 Å². The average molecular weight is 427 g/mol. The fourth-order valence-electron chi connectivity index (χ4n) is 3.14. The minimum atomic E-state index is -0.175. The number of ether oxygens (including phenoxy) is 2. The first-order valence-corrected chi connectivity index (χ1v) is 9.50. The van der Waals surface area contributed by atoms with Crippen molar-refractivity contribution in [3.8, 4) is 11.5 Å². The number of nitrogens with zero attached hydrogens (tertiary/aromatic N) is 2. The summed E-state index contributed by atoms with van der Waals surface area (Å²) >= 11 is 0. The summed E-state index contributed by atoms with van der Waals surface area (Å²) in [5, 5.41) is 3.41. The summed E-state index contributed by atoms with van der Waals surface area (Å²) in [5.74, 6) is 1.41. The molecule has 0 radical (unpaired) electrons. The van der Waals surface area contributed by atoms with Crippen molar-refractivity contribution in [3.05, 3.63) is 28.8 Å². The predicted octanol–water partition coefficient (Wildman–Crippen LogP) is 2.11. The smallest absolute Gasteiger partial charge is 0.261 e. The fourth-order valence-corrected chi connectivity index (χ4v) is 3.14. The third-order valence-corrected chi connectivity index (χ3v) is 4.54. The molecular weight excluding hydrogens is 396 g/mol. The van der Waals surface area contributed by atoms with E-state index in [-0.39, 0.29) is 29.9 Å². The molecule has 0 saturated carbocycles. The van der Waals surface area contributed by atoms with Crippen molar-refractivity contribution in [2.45, 2.75) is 45.7 Å². The third-order valence-electron chi connectivity index (χ3n) is 4.54. The summed E-state index contributed by atoms with van der Waals surface area (Å²) in [7, 11) is 3.05. The Labute approximate surface area is 177 Å². The lowest BCUT2D eigenvalue weighted by molar-refractivity contribution is -0.122. The number of carbonyl (C=O) groups excluding carboxylic acids is 1. The Morgan fingerprint density at radius 1 is 1.24 bits per heavy atom. The number of hydrogen-bond donors (Lipinski definition) is 2. The Morgan fingerprint density at radius 2 is 1.90 bits per heavy atom. The second kappa shape index (κ2) is 11.6. The van der Waals surface area contributed by atoms with E-state index in [4.69, 9.17) is 15.2 Å². The summed E-state index contributed by atoms with van der Waals surface area (Å²) in [5.41, 5.74) is 6.08. The van der Waals surface area contributed by atoms with Gasteiger partial charge in [0.1, 0.15) is 0 Å². The van der Waals surface area contributed by atoms with Crippen molar-refractivity contribution in [3.63, 3.8) is 0 Å². The van der Waals surface area contributed by atoms with E-state index in [1.165, 1.54) is 25.1 Å². The molecule has 0 aliphatic carbocycles. The van der Waals surface area contributed by atoms with Gasteiger partial charge in [0.25, 0.3) is 5.56 Å². The quantitative estimate of drug-likeness (QED) is 0.602. The molecular formula is C20H31ClN4O4. The minimum absolute atomic E-state index is 0. The monoisotopic (exact) mass is 426 g/mol. The molecule has 0 fully saturated rings.